The second kappa shape index (κ2) is 14.1. The van der Waals surface area contributed by atoms with Crippen molar-refractivity contribution in [2.24, 2.45) is 5.10 Å². The largest absolute Gasteiger partial charge is 0.490 e. The van der Waals surface area contributed by atoms with E-state index >= 15 is 0 Å². The van der Waals surface area contributed by atoms with Gasteiger partial charge in [-0.15, -0.1) is 0 Å². The van der Waals surface area contributed by atoms with Gasteiger partial charge >= 0.3 is 11.8 Å². The van der Waals surface area contributed by atoms with Gasteiger partial charge in [-0.25, -0.2) is 5.43 Å². The van der Waals surface area contributed by atoms with E-state index in [9.17, 15) is 14.4 Å². The molecule has 0 radical (unpaired) electrons. The SMILES string of the molecule is CCOc1cc(/C=N\NC(=O)C(=O)NCc2ccc(C)cc2)cc(I)c1OCC(=O)Nc1ccc(C)cc1. The number of anilines is 1. The normalized spacial score (nSPS) is 10.6. The van der Waals surface area contributed by atoms with Crippen LogP contribution in [0, 0.1) is 17.4 Å². The first-order chi connectivity index (χ1) is 18.2. The summed E-state index contributed by atoms with van der Waals surface area (Å²) in [7, 11) is 0. The number of hydrogen-bond acceptors (Lipinski definition) is 6. The number of hydrogen-bond donors (Lipinski definition) is 3. The topological polar surface area (TPSA) is 118 Å². The fourth-order valence-electron chi connectivity index (χ4n) is 3.22. The van der Waals surface area contributed by atoms with Gasteiger partial charge in [0.05, 0.1) is 16.4 Å². The lowest BCUT2D eigenvalue weighted by Gasteiger charge is -2.14. The highest BCUT2D eigenvalue weighted by Gasteiger charge is 2.15. The van der Waals surface area contributed by atoms with Crippen LogP contribution in [0.3, 0.4) is 0 Å². The van der Waals surface area contributed by atoms with Gasteiger partial charge in [0.1, 0.15) is 0 Å². The van der Waals surface area contributed by atoms with E-state index in [1.54, 1.807) is 12.1 Å². The van der Waals surface area contributed by atoms with Gasteiger partial charge in [-0.2, -0.15) is 5.10 Å². The van der Waals surface area contributed by atoms with E-state index in [1.807, 2.05) is 69.3 Å². The van der Waals surface area contributed by atoms with Crippen molar-refractivity contribution in [1.82, 2.24) is 10.7 Å². The maximum absolute atomic E-state index is 12.3. The molecule has 10 heteroatoms. The van der Waals surface area contributed by atoms with Crippen molar-refractivity contribution in [1.29, 1.82) is 0 Å². The number of nitrogens with one attached hydrogen (secondary N) is 3. The average Bonchev–Trinajstić information content (AvgIpc) is 2.89. The molecule has 0 saturated heterocycles. The highest BCUT2D eigenvalue weighted by atomic mass is 127. The Balaban J connectivity index is 1.56. The summed E-state index contributed by atoms with van der Waals surface area (Å²) in [4.78, 5) is 36.5. The third-order valence-corrected chi connectivity index (χ3v) is 5.98. The van der Waals surface area contributed by atoms with Crippen LogP contribution in [-0.4, -0.2) is 37.1 Å². The van der Waals surface area contributed by atoms with Gasteiger partial charge in [-0.3, -0.25) is 14.4 Å². The smallest absolute Gasteiger partial charge is 0.329 e. The minimum atomic E-state index is -0.882. The van der Waals surface area contributed by atoms with E-state index in [0.29, 0.717) is 32.9 Å². The molecule has 0 aliphatic heterocycles. The van der Waals surface area contributed by atoms with Crippen molar-refractivity contribution in [3.05, 3.63) is 86.5 Å². The van der Waals surface area contributed by atoms with E-state index < -0.39 is 11.8 Å². The lowest BCUT2D eigenvalue weighted by molar-refractivity contribution is -0.139. The van der Waals surface area contributed by atoms with Gasteiger partial charge in [0.2, 0.25) is 0 Å². The van der Waals surface area contributed by atoms with E-state index in [1.165, 1.54) is 6.21 Å². The van der Waals surface area contributed by atoms with E-state index in [0.717, 1.165) is 16.7 Å². The van der Waals surface area contributed by atoms with Crippen LogP contribution in [0.5, 0.6) is 11.5 Å². The van der Waals surface area contributed by atoms with Crippen LogP contribution in [0.25, 0.3) is 0 Å². The zero-order chi connectivity index (χ0) is 27.5. The Hall–Kier alpha value is -3.93. The van der Waals surface area contributed by atoms with Gasteiger partial charge in [0, 0.05) is 12.2 Å². The second-order valence-electron chi connectivity index (χ2n) is 8.33. The first kappa shape index (κ1) is 28.6. The molecule has 198 valence electrons. The summed E-state index contributed by atoms with van der Waals surface area (Å²) >= 11 is 2.07. The third-order valence-electron chi connectivity index (χ3n) is 5.17. The van der Waals surface area contributed by atoms with Crippen molar-refractivity contribution in [3.8, 4) is 11.5 Å². The van der Waals surface area contributed by atoms with Gasteiger partial charge in [0.15, 0.2) is 18.1 Å². The fraction of sp³-hybridized carbons (Fsp3) is 0.214. The molecular formula is C28H29IN4O5. The summed E-state index contributed by atoms with van der Waals surface area (Å²) in [6, 6.07) is 18.5. The molecule has 0 bridgehead atoms. The molecule has 3 amide bonds. The summed E-state index contributed by atoms with van der Waals surface area (Å²) in [6.07, 6.45) is 1.39. The molecule has 3 aromatic rings. The molecule has 3 rings (SSSR count). The average molecular weight is 628 g/mol. The molecule has 38 heavy (non-hydrogen) atoms. The van der Waals surface area contributed by atoms with Gasteiger partial charge < -0.3 is 20.1 Å². The van der Waals surface area contributed by atoms with Gasteiger partial charge in [-0.1, -0.05) is 47.5 Å². The molecule has 3 aromatic carbocycles. The predicted molar refractivity (Wildman–Crippen MR) is 154 cm³/mol. The summed E-state index contributed by atoms with van der Waals surface area (Å²) < 4.78 is 12.1. The quantitative estimate of drug-likeness (QED) is 0.135. The molecule has 0 unspecified atom stereocenters. The van der Waals surface area contributed by atoms with Crippen molar-refractivity contribution in [2.75, 3.05) is 18.5 Å². The van der Waals surface area contributed by atoms with Crippen molar-refractivity contribution < 1.29 is 23.9 Å². The lowest BCUT2D eigenvalue weighted by atomic mass is 10.1. The number of hydrazone groups is 1. The molecule has 0 saturated carbocycles. The predicted octanol–water partition coefficient (Wildman–Crippen LogP) is 4.09. The van der Waals surface area contributed by atoms with E-state index in [2.05, 4.69) is 43.8 Å². The summed E-state index contributed by atoms with van der Waals surface area (Å²) in [6.45, 7) is 6.18. The number of rotatable bonds is 10. The second-order valence-corrected chi connectivity index (χ2v) is 9.50. The Morgan fingerprint density at radius 1 is 0.921 bits per heavy atom. The summed E-state index contributed by atoms with van der Waals surface area (Å²) in [5, 5.41) is 9.22. The highest BCUT2D eigenvalue weighted by Crippen LogP contribution is 2.34. The summed E-state index contributed by atoms with van der Waals surface area (Å²) in [5.41, 5.74) is 6.60. The summed E-state index contributed by atoms with van der Waals surface area (Å²) in [5.74, 6) is -1.14. The molecule has 9 nitrogen and oxygen atoms in total. The maximum atomic E-state index is 12.3. The Morgan fingerprint density at radius 3 is 2.24 bits per heavy atom. The minimum Gasteiger partial charge on any atom is -0.490 e. The monoisotopic (exact) mass is 628 g/mol. The van der Waals surface area contributed by atoms with E-state index in [4.69, 9.17) is 9.47 Å². The standard InChI is InChI=1S/C28H29IN4O5/c1-4-37-24-14-21(16-31-33-28(36)27(35)30-15-20-9-5-18(2)6-10-20)13-23(29)26(24)38-17-25(34)32-22-11-7-19(3)8-12-22/h5-14,16H,4,15,17H2,1-3H3,(H,30,35)(H,32,34)(H,33,36)/b31-16-. The van der Waals surface area contributed by atoms with Crippen molar-refractivity contribution in [2.45, 2.75) is 27.3 Å². The van der Waals surface area contributed by atoms with Crippen LogP contribution in [-0.2, 0) is 20.9 Å². The van der Waals surface area contributed by atoms with Crippen molar-refractivity contribution >= 4 is 52.2 Å². The van der Waals surface area contributed by atoms with Crippen LogP contribution in [0.4, 0.5) is 5.69 Å². The maximum Gasteiger partial charge on any atom is 0.329 e. The Kier molecular flexibility index (Phi) is 10.6. The number of nitrogens with zero attached hydrogens (tertiary/aromatic N) is 1. The molecule has 0 fully saturated rings. The lowest BCUT2D eigenvalue weighted by Crippen LogP contribution is -2.37. The van der Waals surface area contributed by atoms with Crippen LogP contribution < -0.4 is 25.5 Å². The molecule has 0 aliphatic rings. The zero-order valence-corrected chi connectivity index (χ0v) is 23.5. The number of aryl methyl sites for hydroxylation is 2. The molecule has 0 heterocycles. The number of ether oxygens (including phenoxy) is 2. The van der Waals surface area contributed by atoms with Crippen LogP contribution in [0.1, 0.15) is 29.2 Å². The molecule has 0 aromatic heterocycles. The number of carbonyl (C=O) groups is 3. The first-order valence-corrected chi connectivity index (χ1v) is 13.0. The number of benzene rings is 3. The van der Waals surface area contributed by atoms with Crippen molar-refractivity contribution in [3.63, 3.8) is 0 Å². The molecule has 0 spiro atoms. The minimum absolute atomic E-state index is 0.203. The number of amides is 3. The molecule has 0 aliphatic carbocycles. The van der Waals surface area contributed by atoms with E-state index in [-0.39, 0.29) is 19.1 Å². The van der Waals surface area contributed by atoms with Crippen LogP contribution >= 0.6 is 22.6 Å². The Labute approximate surface area is 235 Å². The zero-order valence-electron chi connectivity index (χ0n) is 21.3. The van der Waals surface area contributed by atoms with Gasteiger partial charge in [0.25, 0.3) is 5.91 Å². The number of halogens is 1. The Morgan fingerprint density at radius 2 is 1.58 bits per heavy atom. The van der Waals surface area contributed by atoms with Gasteiger partial charge in [-0.05, 0) is 78.8 Å². The molecule has 0 atom stereocenters. The third kappa shape index (κ3) is 8.87. The Bertz CT molecular complexity index is 1310. The number of carbonyl (C=O) groups excluding carboxylic acids is 3. The fourth-order valence-corrected chi connectivity index (χ4v) is 4.00. The first-order valence-electron chi connectivity index (χ1n) is 11.9. The van der Waals surface area contributed by atoms with Crippen LogP contribution in [0.15, 0.2) is 65.8 Å². The highest BCUT2D eigenvalue weighted by molar-refractivity contribution is 14.1. The molecular weight excluding hydrogens is 599 g/mol. The van der Waals surface area contributed by atoms with Crippen LogP contribution in [0.2, 0.25) is 0 Å². The molecule has 3 N–H and O–H groups in total.